The molecule has 0 aliphatic carbocycles. The van der Waals surface area contributed by atoms with Gasteiger partial charge < -0.3 is 19.3 Å². The Bertz CT molecular complexity index is 1010. The minimum Gasteiger partial charge on any atom is -0.421 e. The first-order valence-corrected chi connectivity index (χ1v) is 9.59. The summed E-state index contributed by atoms with van der Waals surface area (Å²) in [5, 5.41) is 0. The number of ether oxygens (including phenoxy) is 2. The molecule has 12 heteroatoms. The second-order valence-electron chi connectivity index (χ2n) is 7.05. The summed E-state index contributed by atoms with van der Waals surface area (Å²) >= 11 is 0. The number of carbonyl (C=O) groups excluding carboxylic acids is 1. The van der Waals surface area contributed by atoms with Crippen LogP contribution in [0.3, 0.4) is 0 Å². The van der Waals surface area contributed by atoms with Crippen molar-refractivity contribution in [2.45, 2.75) is 19.1 Å². The van der Waals surface area contributed by atoms with E-state index in [2.05, 4.69) is 15.0 Å². The molecule has 8 nitrogen and oxygen atoms in total. The zero-order valence-corrected chi connectivity index (χ0v) is 17.6. The molecule has 1 saturated heterocycles. The van der Waals surface area contributed by atoms with E-state index in [-0.39, 0.29) is 42.2 Å². The summed E-state index contributed by atoms with van der Waals surface area (Å²) in [4.78, 5) is 26.3. The van der Waals surface area contributed by atoms with Crippen LogP contribution in [0.5, 0.6) is 11.8 Å². The highest BCUT2D eigenvalue weighted by Gasteiger charge is 2.46. The predicted molar refractivity (Wildman–Crippen MR) is 107 cm³/mol. The van der Waals surface area contributed by atoms with Crippen LogP contribution in [0.2, 0.25) is 0 Å². The first-order valence-electron chi connectivity index (χ1n) is 9.59. The molecule has 2 aromatic rings. The van der Waals surface area contributed by atoms with Gasteiger partial charge in [-0.3, -0.25) is 4.79 Å². The standard InChI is InChI=1S/C20H21F4N5O3/c1-4-5-16-25-18(29-8-9-31-11-15(29)20(22,23)24)27-19(26-16)32-14-7-6-12(10-13(14)21)17(30)28(2)3/h4-7,10,15H,8-9,11H2,1-3H3/b5-4+. The SMILES string of the molecule is C/C=C/c1nc(Oc2ccc(C(=O)N(C)C)cc2F)nc(N2CCOCC2C(F)(F)F)n1. The third-order valence-corrected chi connectivity index (χ3v) is 4.49. The van der Waals surface area contributed by atoms with Crippen LogP contribution in [0.4, 0.5) is 23.5 Å². The molecular weight excluding hydrogens is 434 g/mol. The van der Waals surface area contributed by atoms with E-state index in [1.165, 1.54) is 37.2 Å². The van der Waals surface area contributed by atoms with Crippen LogP contribution in [0.1, 0.15) is 23.1 Å². The molecule has 0 radical (unpaired) electrons. The fourth-order valence-corrected chi connectivity index (χ4v) is 2.95. The number of amides is 1. The maximum absolute atomic E-state index is 14.5. The topological polar surface area (TPSA) is 80.7 Å². The Hall–Kier alpha value is -3.28. The first-order chi connectivity index (χ1) is 15.1. The predicted octanol–water partition coefficient (Wildman–Crippen LogP) is 3.31. The van der Waals surface area contributed by atoms with Crippen molar-refractivity contribution < 1.29 is 31.8 Å². The molecule has 3 rings (SSSR count). The van der Waals surface area contributed by atoms with E-state index in [1.807, 2.05) is 0 Å². The van der Waals surface area contributed by atoms with E-state index in [1.54, 1.807) is 13.0 Å². The molecule has 0 spiro atoms. The fraction of sp³-hybridized carbons (Fsp3) is 0.400. The van der Waals surface area contributed by atoms with Crippen molar-refractivity contribution in [2.75, 3.05) is 38.8 Å². The summed E-state index contributed by atoms with van der Waals surface area (Å²) in [7, 11) is 3.05. The maximum Gasteiger partial charge on any atom is 0.411 e. The number of carbonyl (C=O) groups is 1. The Labute approximate surface area is 181 Å². The Morgan fingerprint density at radius 2 is 2.03 bits per heavy atom. The fourth-order valence-electron chi connectivity index (χ4n) is 2.95. The lowest BCUT2D eigenvalue weighted by molar-refractivity contribution is -0.167. The highest BCUT2D eigenvalue weighted by molar-refractivity contribution is 5.94. The largest absolute Gasteiger partial charge is 0.421 e. The van der Waals surface area contributed by atoms with Crippen LogP contribution in [-0.4, -0.2) is 71.8 Å². The summed E-state index contributed by atoms with van der Waals surface area (Å²) in [5.74, 6) is -1.78. The van der Waals surface area contributed by atoms with Gasteiger partial charge in [0, 0.05) is 26.2 Å². The summed E-state index contributed by atoms with van der Waals surface area (Å²) in [5.41, 5.74) is 0.104. The molecule has 1 fully saturated rings. The molecule has 1 amide bonds. The first kappa shape index (κ1) is 23.4. The molecule has 1 aromatic carbocycles. The third-order valence-electron chi connectivity index (χ3n) is 4.49. The van der Waals surface area contributed by atoms with Gasteiger partial charge in [0.15, 0.2) is 23.4 Å². The van der Waals surface area contributed by atoms with Crippen molar-refractivity contribution in [1.29, 1.82) is 0 Å². The van der Waals surface area contributed by atoms with E-state index in [4.69, 9.17) is 9.47 Å². The summed E-state index contributed by atoms with van der Waals surface area (Å²) < 4.78 is 65.3. The smallest absolute Gasteiger partial charge is 0.411 e. The van der Waals surface area contributed by atoms with Crippen molar-refractivity contribution in [3.05, 3.63) is 41.5 Å². The number of aromatic nitrogens is 3. The summed E-state index contributed by atoms with van der Waals surface area (Å²) in [6.45, 7) is 1.07. The Morgan fingerprint density at radius 1 is 1.28 bits per heavy atom. The van der Waals surface area contributed by atoms with Gasteiger partial charge in [-0.25, -0.2) is 4.39 Å². The zero-order valence-electron chi connectivity index (χ0n) is 17.6. The summed E-state index contributed by atoms with van der Waals surface area (Å²) in [6.07, 6.45) is -1.53. The number of rotatable bonds is 5. The van der Waals surface area contributed by atoms with Gasteiger partial charge in [0.05, 0.1) is 13.2 Å². The average molecular weight is 455 g/mol. The van der Waals surface area contributed by atoms with E-state index in [0.717, 1.165) is 11.0 Å². The number of anilines is 1. The number of nitrogens with zero attached hydrogens (tertiary/aromatic N) is 5. The minimum atomic E-state index is -4.57. The molecule has 1 atom stereocenters. The van der Waals surface area contributed by atoms with E-state index in [0.29, 0.717) is 0 Å². The van der Waals surface area contributed by atoms with Gasteiger partial charge in [0.1, 0.15) is 0 Å². The molecule has 2 heterocycles. The number of halogens is 4. The number of hydrogen-bond acceptors (Lipinski definition) is 7. The number of hydrogen-bond donors (Lipinski definition) is 0. The van der Waals surface area contributed by atoms with Gasteiger partial charge >= 0.3 is 12.2 Å². The Morgan fingerprint density at radius 3 is 2.66 bits per heavy atom. The quantitative estimate of drug-likeness (QED) is 0.640. The molecule has 1 aliphatic rings. The molecular formula is C20H21F4N5O3. The van der Waals surface area contributed by atoms with Crippen LogP contribution in [0.15, 0.2) is 24.3 Å². The van der Waals surface area contributed by atoms with Gasteiger partial charge in [-0.05, 0) is 31.2 Å². The van der Waals surface area contributed by atoms with Crippen LogP contribution >= 0.6 is 0 Å². The molecule has 1 aromatic heterocycles. The van der Waals surface area contributed by atoms with Crippen LogP contribution in [-0.2, 0) is 4.74 Å². The lowest BCUT2D eigenvalue weighted by atomic mass is 10.2. The highest BCUT2D eigenvalue weighted by atomic mass is 19.4. The minimum absolute atomic E-state index is 0.0414. The summed E-state index contributed by atoms with van der Waals surface area (Å²) in [6, 6.07) is 1.24. The molecule has 0 bridgehead atoms. The van der Waals surface area contributed by atoms with Gasteiger partial charge in [0.2, 0.25) is 5.95 Å². The number of morpholine rings is 1. The van der Waals surface area contributed by atoms with E-state index < -0.39 is 30.5 Å². The monoisotopic (exact) mass is 455 g/mol. The second kappa shape index (κ2) is 9.47. The van der Waals surface area contributed by atoms with Gasteiger partial charge in [-0.15, -0.1) is 0 Å². The van der Waals surface area contributed by atoms with Crippen molar-refractivity contribution in [1.82, 2.24) is 19.9 Å². The Balaban J connectivity index is 1.96. The maximum atomic E-state index is 14.5. The lowest BCUT2D eigenvalue weighted by Gasteiger charge is -2.36. The molecule has 172 valence electrons. The number of alkyl halides is 3. The zero-order chi connectivity index (χ0) is 23.5. The van der Waals surface area contributed by atoms with Crippen molar-refractivity contribution in [3.63, 3.8) is 0 Å². The van der Waals surface area contributed by atoms with Crippen molar-refractivity contribution >= 4 is 17.9 Å². The number of allylic oxidation sites excluding steroid dienone is 1. The number of benzene rings is 1. The van der Waals surface area contributed by atoms with Crippen molar-refractivity contribution in [3.8, 4) is 11.8 Å². The third kappa shape index (κ3) is 5.31. The normalized spacial score (nSPS) is 17.0. The Kier molecular flexibility index (Phi) is 6.92. The molecule has 1 aliphatic heterocycles. The molecule has 0 N–H and O–H groups in total. The average Bonchev–Trinajstić information content (AvgIpc) is 2.74. The van der Waals surface area contributed by atoms with Gasteiger partial charge in [-0.2, -0.15) is 28.1 Å². The lowest BCUT2D eigenvalue weighted by Crippen LogP contribution is -2.54. The van der Waals surface area contributed by atoms with Crippen LogP contribution in [0, 0.1) is 5.82 Å². The van der Waals surface area contributed by atoms with E-state index >= 15 is 0 Å². The van der Waals surface area contributed by atoms with Gasteiger partial charge in [-0.1, -0.05) is 6.08 Å². The van der Waals surface area contributed by atoms with Crippen molar-refractivity contribution in [2.24, 2.45) is 0 Å². The molecule has 1 unspecified atom stereocenters. The van der Waals surface area contributed by atoms with Crippen LogP contribution < -0.4 is 9.64 Å². The van der Waals surface area contributed by atoms with Crippen LogP contribution in [0.25, 0.3) is 6.08 Å². The van der Waals surface area contributed by atoms with E-state index in [9.17, 15) is 22.4 Å². The molecule has 32 heavy (non-hydrogen) atoms. The molecule has 0 saturated carbocycles. The highest BCUT2D eigenvalue weighted by Crippen LogP contribution is 2.31. The van der Waals surface area contributed by atoms with Gasteiger partial charge in [0.25, 0.3) is 5.91 Å². The second-order valence-corrected chi connectivity index (χ2v) is 7.05.